The number of hydrogen-bond acceptors (Lipinski definition) is 5. The van der Waals surface area contributed by atoms with Crippen LogP contribution in [0.3, 0.4) is 0 Å². The molecule has 1 aromatic heterocycles. The molecule has 1 amide bonds. The van der Waals surface area contributed by atoms with Crippen LogP contribution >= 0.6 is 0 Å². The molecule has 17 heavy (non-hydrogen) atoms. The molecule has 0 bridgehead atoms. The second kappa shape index (κ2) is 4.90. The summed E-state index contributed by atoms with van der Waals surface area (Å²) in [6.07, 6.45) is 1.49. The van der Waals surface area contributed by atoms with Crippen LogP contribution in [0.1, 0.15) is 0 Å². The summed E-state index contributed by atoms with van der Waals surface area (Å²) in [5.74, 6) is 0.516. The van der Waals surface area contributed by atoms with Gasteiger partial charge in [0.15, 0.2) is 0 Å². The van der Waals surface area contributed by atoms with E-state index in [-0.39, 0.29) is 6.09 Å². The van der Waals surface area contributed by atoms with E-state index in [1.165, 1.54) is 7.11 Å². The number of nitrogens with zero attached hydrogens (tertiary/aromatic N) is 3. The van der Waals surface area contributed by atoms with Crippen molar-refractivity contribution < 1.29 is 9.53 Å². The van der Waals surface area contributed by atoms with Crippen LogP contribution in [0.15, 0.2) is 18.3 Å². The summed E-state index contributed by atoms with van der Waals surface area (Å²) in [5, 5.41) is 0. The quantitative estimate of drug-likeness (QED) is 0.771. The monoisotopic (exact) mass is 236 g/mol. The SMILES string of the molecule is COC(=O)N1CCN(c2ccc(N)nc2)CC1. The van der Waals surface area contributed by atoms with E-state index >= 15 is 0 Å². The minimum absolute atomic E-state index is 0.264. The van der Waals surface area contributed by atoms with Crippen molar-refractivity contribution in [3.8, 4) is 0 Å². The Morgan fingerprint density at radius 2 is 2.06 bits per heavy atom. The lowest BCUT2D eigenvalue weighted by molar-refractivity contribution is 0.121. The largest absolute Gasteiger partial charge is 0.453 e. The van der Waals surface area contributed by atoms with E-state index in [2.05, 4.69) is 14.6 Å². The van der Waals surface area contributed by atoms with Gasteiger partial charge in [0.2, 0.25) is 0 Å². The molecular weight excluding hydrogens is 220 g/mol. The lowest BCUT2D eigenvalue weighted by atomic mass is 10.3. The summed E-state index contributed by atoms with van der Waals surface area (Å²) in [5.41, 5.74) is 6.57. The van der Waals surface area contributed by atoms with Gasteiger partial charge in [-0.05, 0) is 12.1 Å². The maximum Gasteiger partial charge on any atom is 0.409 e. The number of amides is 1. The van der Waals surface area contributed by atoms with Gasteiger partial charge in [-0.15, -0.1) is 0 Å². The molecule has 2 N–H and O–H groups in total. The fraction of sp³-hybridized carbons (Fsp3) is 0.455. The summed E-state index contributed by atoms with van der Waals surface area (Å²) in [4.78, 5) is 19.2. The Morgan fingerprint density at radius 1 is 1.35 bits per heavy atom. The molecule has 1 aliphatic heterocycles. The van der Waals surface area contributed by atoms with Crippen molar-refractivity contribution in [2.45, 2.75) is 0 Å². The van der Waals surface area contributed by atoms with Crippen molar-refractivity contribution in [2.75, 3.05) is 43.9 Å². The van der Waals surface area contributed by atoms with Crippen LogP contribution in [-0.2, 0) is 4.74 Å². The second-order valence-electron chi connectivity index (χ2n) is 3.89. The number of nitrogens with two attached hydrogens (primary N) is 1. The van der Waals surface area contributed by atoms with Gasteiger partial charge in [0.05, 0.1) is 19.0 Å². The van der Waals surface area contributed by atoms with Crippen LogP contribution in [0.5, 0.6) is 0 Å². The van der Waals surface area contributed by atoms with Gasteiger partial charge in [-0.2, -0.15) is 0 Å². The molecule has 0 spiro atoms. The number of piperazine rings is 1. The Hall–Kier alpha value is -1.98. The van der Waals surface area contributed by atoms with E-state index in [0.29, 0.717) is 18.9 Å². The average molecular weight is 236 g/mol. The van der Waals surface area contributed by atoms with Crippen molar-refractivity contribution in [2.24, 2.45) is 0 Å². The van der Waals surface area contributed by atoms with Gasteiger partial charge in [0, 0.05) is 26.2 Å². The minimum Gasteiger partial charge on any atom is -0.453 e. The van der Waals surface area contributed by atoms with Gasteiger partial charge in [0.25, 0.3) is 0 Å². The molecule has 0 atom stereocenters. The number of hydrogen-bond donors (Lipinski definition) is 1. The molecule has 92 valence electrons. The van der Waals surface area contributed by atoms with Gasteiger partial charge in [-0.25, -0.2) is 9.78 Å². The zero-order valence-electron chi connectivity index (χ0n) is 9.80. The summed E-state index contributed by atoms with van der Waals surface area (Å²) in [6, 6.07) is 3.72. The second-order valence-corrected chi connectivity index (χ2v) is 3.89. The van der Waals surface area contributed by atoms with Gasteiger partial charge < -0.3 is 20.3 Å². The van der Waals surface area contributed by atoms with Crippen LogP contribution < -0.4 is 10.6 Å². The van der Waals surface area contributed by atoms with Crippen LogP contribution in [0.25, 0.3) is 0 Å². The van der Waals surface area contributed by atoms with Crippen molar-refractivity contribution >= 4 is 17.6 Å². The zero-order chi connectivity index (χ0) is 12.3. The number of carbonyl (C=O) groups excluding carboxylic acids is 1. The Balaban J connectivity index is 1.95. The molecule has 0 saturated carbocycles. The molecule has 1 aromatic rings. The standard InChI is InChI=1S/C11H16N4O2/c1-17-11(16)15-6-4-14(5-7-15)9-2-3-10(12)13-8-9/h2-3,8H,4-7H2,1H3,(H2,12,13). The smallest absolute Gasteiger partial charge is 0.409 e. The molecule has 1 aliphatic rings. The number of rotatable bonds is 1. The summed E-state index contributed by atoms with van der Waals surface area (Å²) in [7, 11) is 1.40. The first-order valence-electron chi connectivity index (χ1n) is 5.50. The summed E-state index contributed by atoms with van der Waals surface area (Å²) >= 11 is 0. The molecule has 0 unspecified atom stereocenters. The number of pyridine rings is 1. The first-order chi connectivity index (χ1) is 8.20. The molecule has 6 heteroatoms. The molecule has 0 aliphatic carbocycles. The Labute approximate surface area is 100.0 Å². The fourth-order valence-corrected chi connectivity index (χ4v) is 1.86. The number of aromatic nitrogens is 1. The first kappa shape index (κ1) is 11.5. The highest BCUT2D eigenvalue weighted by molar-refractivity contribution is 5.68. The van der Waals surface area contributed by atoms with Gasteiger partial charge in [-0.1, -0.05) is 0 Å². The van der Waals surface area contributed by atoms with E-state index in [9.17, 15) is 4.79 Å². The molecule has 0 radical (unpaired) electrons. The van der Waals surface area contributed by atoms with Crippen molar-refractivity contribution in [1.29, 1.82) is 0 Å². The highest BCUT2D eigenvalue weighted by Gasteiger charge is 2.21. The zero-order valence-corrected chi connectivity index (χ0v) is 9.80. The number of ether oxygens (including phenoxy) is 1. The number of anilines is 2. The molecule has 0 aromatic carbocycles. The molecule has 2 rings (SSSR count). The predicted molar refractivity (Wildman–Crippen MR) is 64.8 cm³/mol. The van der Waals surface area contributed by atoms with Crippen molar-refractivity contribution in [1.82, 2.24) is 9.88 Å². The number of methoxy groups -OCH3 is 1. The topological polar surface area (TPSA) is 71.7 Å². The Kier molecular flexibility index (Phi) is 3.32. The van der Waals surface area contributed by atoms with Crippen molar-refractivity contribution in [3.63, 3.8) is 0 Å². The van der Waals surface area contributed by atoms with E-state index in [4.69, 9.17) is 5.73 Å². The molecule has 1 saturated heterocycles. The Bertz CT molecular complexity index is 385. The normalized spacial score (nSPS) is 15.8. The molecule has 6 nitrogen and oxygen atoms in total. The third kappa shape index (κ3) is 2.58. The van der Waals surface area contributed by atoms with Gasteiger partial charge >= 0.3 is 6.09 Å². The number of nitrogen functional groups attached to an aromatic ring is 1. The van der Waals surface area contributed by atoms with E-state index in [0.717, 1.165) is 18.8 Å². The minimum atomic E-state index is -0.264. The lowest BCUT2D eigenvalue weighted by Crippen LogP contribution is -2.48. The maximum atomic E-state index is 11.3. The van der Waals surface area contributed by atoms with E-state index in [1.807, 2.05) is 6.07 Å². The van der Waals surface area contributed by atoms with Gasteiger partial charge in [0.1, 0.15) is 5.82 Å². The van der Waals surface area contributed by atoms with Crippen LogP contribution in [0, 0.1) is 0 Å². The van der Waals surface area contributed by atoms with E-state index < -0.39 is 0 Å². The molecular formula is C11H16N4O2. The first-order valence-corrected chi connectivity index (χ1v) is 5.50. The van der Waals surface area contributed by atoms with E-state index in [1.54, 1.807) is 17.2 Å². The summed E-state index contributed by atoms with van der Waals surface area (Å²) < 4.78 is 4.69. The molecule has 2 heterocycles. The molecule has 1 fully saturated rings. The fourth-order valence-electron chi connectivity index (χ4n) is 1.86. The van der Waals surface area contributed by atoms with Crippen LogP contribution in [0.2, 0.25) is 0 Å². The highest BCUT2D eigenvalue weighted by Crippen LogP contribution is 2.16. The third-order valence-corrected chi connectivity index (χ3v) is 2.85. The van der Waals surface area contributed by atoms with Crippen molar-refractivity contribution in [3.05, 3.63) is 18.3 Å². The average Bonchev–Trinajstić information content (AvgIpc) is 2.39. The lowest BCUT2D eigenvalue weighted by Gasteiger charge is -2.35. The van der Waals surface area contributed by atoms with Crippen LogP contribution in [-0.4, -0.2) is 49.3 Å². The predicted octanol–water partition coefficient (Wildman–Crippen LogP) is 0.552. The number of carbonyl (C=O) groups is 1. The highest BCUT2D eigenvalue weighted by atomic mass is 16.5. The summed E-state index contributed by atoms with van der Waals surface area (Å²) in [6.45, 7) is 2.88. The third-order valence-electron chi connectivity index (χ3n) is 2.85. The van der Waals surface area contributed by atoms with Gasteiger partial charge in [-0.3, -0.25) is 0 Å². The van der Waals surface area contributed by atoms with Crippen LogP contribution in [0.4, 0.5) is 16.3 Å². The maximum absolute atomic E-state index is 11.3. The Morgan fingerprint density at radius 3 is 2.59 bits per heavy atom.